The molecule has 72 valence electrons. The van der Waals surface area contributed by atoms with Crippen LogP contribution in [0.5, 0.6) is 0 Å². The number of rotatable bonds is 3. The first-order valence-electron chi connectivity index (χ1n) is 4.13. The van der Waals surface area contributed by atoms with Gasteiger partial charge < -0.3 is 0 Å². The Balaban J connectivity index is 2.73. The molecule has 0 saturated carbocycles. The zero-order chi connectivity index (χ0) is 9.84. The van der Waals surface area contributed by atoms with E-state index in [1.165, 1.54) is 6.07 Å². The van der Waals surface area contributed by atoms with Crippen LogP contribution in [0.2, 0.25) is 0 Å². The standard InChI is InChI=1S/C10H11ClF2/c1-7(6-11)4-8-2-3-9(12)10(13)5-8/h2-3,5,7H,4,6H2,1H3. The lowest BCUT2D eigenvalue weighted by Gasteiger charge is -2.06. The van der Waals surface area contributed by atoms with Crippen LogP contribution in [0.4, 0.5) is 8.78 Å². The highest BCUT2D eigenvalue weighted by molar-refractivity contribution is 6.18. The van der Waals surface area contributed by atoms with Crippen molar-refractivity contribution in [3.05, 3.63) is 35.4 Å². The second-order valence-electron chi connectivity index (χ2n) is 3.21. The van der Waals surface area contributed by atoms with Crippen LogP contribution in [-0.4, -0.2) is 5.88 Å². The summed E-state index contributed by atoms with van der Waals surface area (Å²) in [6.45, 7) is 1.97. The Morgan fingerprint density at radius 2 is 2.00 bits per heavy atom. The number of alkyl halides is 1. The SMILES string of the molecule is CC(CCl)Cc1ccc(F)c(F)c1. The molecule has 0 fully saturated rings. The van der Waals surface area contributed by atoms with Crippen molar-refractivity contribution in [1.29, 1.82) is 0 Å². The highest BCUT2D eigenvalue weighted by atomic mass is 35.5. The summed E-state index contributed by atoms with van der Waals surface area (Å²) in [5.74, 6) is -0.785. The average Bonchev–Trinajstić information content (AvgIpc) is 2.11. The molecule has 0 heterocycles. The van der Waals surface area contributed by atoms with E-state index in [2.05, 4.69) is 0 Å². The molecule has 0 saturated heterocycles. The lowest BCUT2D eigenvalue weighted by atomic mass is 10.0. The molecule has 1 aromatic carbocycles. The predicted molar refractivity (Wildman–Crippen MR) is 49.9 cm³/mol. The fourth-order valence-corrected chi connectivity index (χ4v) is 1.23. The Morgan fingerprint density at radius 3 is 2.54 bits per heavy atom. The third-order valence-corrected chi connectivity index (χ3v) is 2.36. The first kappa shape index (κ1) is 10.5. The topological polar surface area (TPSA) is 0 Å². The van der Waals surface area contributed by atoms with Crippen molar-refractivity contribution < 1.29 is 8.78 Å². The Kier molecular flexibility index (Phi) is 3.67. The summed E-state index contributed by atoms with van der Waals surface area (Å²) in [5.41, 5.74) is 0.784. The Morgan fingerprint density at radius 1 is 1.31 bits per heavy atom. The fraction of sp³-hybridized carbons (Fsp3) is 0.400. The van der Waals surface area contributed by atoms with E-state index < -0.39 is 11.6 Å². The Hall–Kier alpha value is -0.630. The van der Waals surface area contributed by atoms with E-state index in [4.69, 9.17) is 11.6 Å². The molecule has 0 aliphatic carbocycles. The summed E-state index contributed by atoms with van der Waals surface area (Å²) in [5, 5.41) is 0. The van der Waals surface area contributed by atoms with Crippen LogP contribution >= 0.6 is 11.6 Å². The molecular formula is C10H11ClF2. The van der Waals surface area contributed by atoms with E-state index in [1.54, 1.807) is 6.07 Å². The van der Waals surface area contributed by atoms with Crippen molar-refractivity contribution in [3.63, 3.8) is 0 Å². The molecule has 1 aromatic rings. The van der Waals surface area contributed by atoms with Gasteiger partial charge in [-0.1, -0.05) is 13.0 Å². The summed E-state index contributed by atoms with van der Waals surface area (Å²) in [4.78, 5) is 0. The van der Waals surface area contributed by atoms with Crippen LogP contribution in [0.1, 0.15) is 12.5 Å². The van der Waals surface area contributed by atoms with Crippen LogP contribution in [0.25, 0.3) is 0 Å². The summed E-state index contributed by atoms with van der Waals surface area (Å²) in [7, 11) is 0. The molecule has 0 aliphatic heterocycles. The largest absolute Gasteiger partial charge is 0.204 e. The number of hydrogen-bond donors (Lipinski definition) is 0. The van der Waals surface area contributed by atoms with Crippen LogP contribution in [-0.2, 0) is 6.42 Å². The van der Waals surface area contributed by atoms with Crippen molar-refractivity contribution >= 4 is 11.6 Å². The first-order chi connectivity index (χ1) is 6.13. The van der Waals surface area contributed by atoms with Crippen molar-refractivity contribution in [2.75, 3.05) is 5.88 Å². The van der Waals surface area contributed by atoms with Crippen LogP contribution in [0.15, 0.2) is 18.2 Å². The molecule has 13 heavy (non-hydrogen) atoms. The van der Waals surface area contributed by atoms with Gasteiger partial charge in [-0.2, -0.15) is 0 Å². The molecule has 0 nitrogen and oxygen atoms in total. The van der Waals surface area contributed by atoms with Gasteiger partial charge in [0.15, 0.2) is 11.6 Å². The van der Waals surface area contributed by atoms with Crippen LogP contribution in [0.3, 0.4) is 0 Å². The molecule has 1 unspecified atom stereocenters. The second kappa shape index (κ2) is 4.56. The van der Waals surface area contributed by atoms with Gasteiger partial charge in [0.05, 0.1) is 0 Å². The minimum atomic E-state index is -0.803. The van der Waals surface area contributed by atoms with Gasteiger partial charge in [-0.3, -0.25) is 0 Å². The van der Waals surface area contributed by atoms with Crippen molar-refractivity contribution in [2.45, 2.75) is 13.3 Å². The van der Waals surface area contributed by atoms with Crippen molar-refractivity contribution in [1.82, 2.24) is 0 Å². The van der Waals surface area contributed by atoms with Gasteiger partial charge in [-0.15, -0.1) is 11.6 Å². The maximum absolute atomic E-state index is 12.7. The lowest BCUT2D eigenvalue weighted by molar-refractivity contribution is 0.505. The summed E-state index contributed by atoms with van der Waals surface area (Å²) < 4.78 is 25.2. The van der Waals surface area contributed by atoms with E-state index in [-0.39, 0.29) is 5.92 Å². The van der Waals surface area contributed by atoms with Gasteiger partial charge in [0.2, 0.25) is 0 Å². The minimum Gasteiger partial charge on any atom is -0.204 e. The molecule has 0 amide bonds. The molecule has 0 bridgehead atoms. The smallest absolute Gasteiger partial charge is 0.159 e. The summed E-state index contributed by atoms with van der Waals surface area (Å²) in [6, 6.07) is 3.95. The highest BCUT2D eigenvalue weighted by Crippen LogP contribution is 2.13. The zero-order valence-corrected chi connectivity index (χ0v) is 8.11. The van der Waals surface area contributed by atoms with E-state index in [1.807, 2.05) is 6.92 Å². The van der Waals surface area contributed by atoms with E-state index in [9.17, 15) is 8.78 Å². The molecule has 1 rings (SSSR count). The molecule has 0 aliphatic rings. The normalized spacial score (nSPS) is 12.9. The molecule has 0 spiro atoms. The van der Waals surface area contributed by atoms with Crippen LogP contribution < -0.4 is 0 Å². The fourth-order valence-electron chi connectivity index (χ4n) is 1.12. The van der Waals surface area contributed by atoms with Gasteiger partial charge in [0.25, 0.3) is 0 Å². The lowest BCUT2D eigenvalue weighted by Crippen LogP contribution is -2.01. The maximum atomic E-state index is 12.7. The van der Waals surface area contributed by atoms with Crippen molar-refractivity contribution in [3.8, 4) is 0 Å². The van der Waals surface area contributed by atoms with E-state index in [0.29, 0.717) is 12.3 Å². The number of halogens is 3. The highest BCUT2D eigenvalue weighted by Gasteiger charge is 2.05. The van der Waals surface area contributed by atoms with E-state index >= 15 is 0 Å². The van der Waals surface area contributed by atoms with Gasteiger partial charge >= 0.3 is 0 Å². The van der Waals surface area contributed by atoms with Gasteiger partial charge in [-0.05, 0) is 30.0 Å². The maximum Gasteiger partial charge on any atom is 0.159 e. The molecule has 0 N–H and O–H groups in total. The van der Waals surface area contributed by atoms with Crippen molar-refractivity contribution in [2.24, 2.45) is 5.92 Å². The second-order valence-corrected chi connectivity index (χ2v) is 3.52. The average molecular weight is 205 g/mol. The minimum absolute atomic E-state index is 0.284. The van der Waals surface area contributed by atoms with Gasteiger partial charge in [0.1, 0.15) is 0 Å². The third kappa shape index (κ3) is 2.96. The predicted octanol–water partition coefficient (Wildman–Crippen LogP) is 3.38. The molecule has 1 atom stereocenters. The quantitative estimate of drug-likeness (QED) is 0.663. The summed E-state index contributed by atoms with van der Waals surface area (Å²) in [6.07, 6.45) is 0.681. The number of benzene rings is 1. The zero-order valence-electron chi connectivity index (χ0n) is 7.36. The molecule has 0 aromatic heterocycles. The third-order valence-electron chi connectivity index (χ3n) is 1.83. The van der Waals surface area contributed by atoms with Gasteiger partial charge in [0, 0.05) is 5.88 Å². The molecule has 3 heteroatoms. The monoisotopic (exact) mass is 204 g/mol. The molecular weight excluding hydrogens is 194 g/mol. The van der Waals surface area contributed by atoms with Gasteiger partial charge in [-0.25, -0.2) is 8.78 Å². The Labute approximate surface area is 81.5 Å². The summed E-state index contributed by atoms with van der Waals surface area (Å²) >= 11 is 5.61. The number of hydrogen-bond acceptors (Lipinski definition) is 0. The Bertz CT molecular complexity index is 286. The molecule has 0 radical (unpaired) electrons. The van der Waals surface area contributed by atoms with Crippen LogP contribution in [0, 0.1) is 17.6 Å². The van der Waals surface area contributed by atoms with E-state index in [0.717, 1.165) is 11.6 Å². The first-order valence-corrected chi connectivity index (χ1v) is 4.67.